The van der Waals surface area contributed by atoms with Gasteiger partial charge in [-0.2, -0.15) is 0 Å². The average Bonchev–Trinajstić information content (AvgIpc) is 2.60. The maximum atomic E-state index is 12.5. The third-order valence-corrected chi connectivity index (χ3v) is 5.29. The molecule has 29 heavy (non-hydrogen) atoms. The lowest BCUT2D eigenvalue weighted by Gasteiger charge is -2.24. The Labute approximate surface area is 179 Å². The van der Waals surface area contributed by atoms with Crippen molar-refractivity contribution in [3.05, 3.63) is 29.4 Å². The molecule has 0 spiro atoms. The summed E-state index contributed by atoms with van der Waals surface area (Å²) in [6.45, 7) is 5.16. The molecule has 1 aromatic carbocycles. The summed E-state index contributed by atoms with van der Waals surface area (Å²) >= 11 is 6.09. The highest BCUT2D eigenvalue weighted by Gasteiger charge is 2.30. The Morgan fingerprint density at radius 2 is 1.93 bits per heavy atom. The van der Waals surface area contributed by atoms with Gasteiger partial charge in [0.25, 0.3) is 10.0 Å². The van der Waals surface area contributed by atoms with Crippen LogP contribution in [0.5, 0.6) is 0 Å². The van der Waals surface area contributed by atoms with Gasteiger partial charge in [-0.25, -0.2) is 18.2 Å². The highest BCUT2D eigenvalue weighted by atomic mass is 35.5. The molecule has 0 aliphatic carbocycles. The van der Waals surface area contributed by atoms with Crippen molar-refractivity contribution in [1.82, 2.24) is 9.87 Å². The predicted molar refractivity (Wildman–Crippen MR) is 113 cm³/mol. The highest BCUT2D eigenvalue weighted by Crippen LogP contribution is 2.30. The molecule has 10 nitrogen and oxygen atoms in total. The number of nitrogens with two attached hydrogens (primary N) is 2. The number of guanidine groups is 1. The first-order valence-electron chi connectivity index (χ1n) is 8.00. The van der Waals surface area contributed by atoms with Crippen molar-refractivity contribution >= 4 is 62.6 Å². The average molecular weight is 465 g/mol. The van der Waals surface area contributed by atoms with Crippen molar-refractivity contribution in [1.29, 1.82) is 5.41 Å². The number of nitrogens with zero attached hydrogens (tertiary/aromatic N) is 1. The van der Waals surface area contributed by atoms with E-state index in [9.17, 15) is 13.2 Å². The van der Waals surface area contributed by atoms with E-state index in [1.54, 1.807) is 25.7 Å². The molecule has 0 saturated carbocycles. The molecule has 0 fully saturated rings. The Kier molecular flexibility index (Phi) is 7.80. The maximum absolute atomic E-state index is 12.5. The number of aromatic nitrogens is 1. The van der Waals surface area contributed by atoms with E-state index < -0.39 is 27.4 Å². The van der Waals surface area contributed by atoms with Gasteiger partial charge in [0.15, 0.2) is 5.96 Å². The van der Waals surface area contributed by atoms with Gasteiger partial charge in [-0.1, -0.05) is 38.4 Å². The van der Waals surface area contributed by atoms with Crippen LogP contribution in [0.3, 0.4) is 0 Å². The van der Waals surface area contributed by atoms with Gasteiger partial charge in [-0.05, 0) is 22.4 Å². The van der Waals surface area contributed by atoms with Crippen LogP contribution in [0.15, 0.2) is 29.3 Å². The molecule has 13 heteroatoms. The number of halogens is 2. The number of benzene rings is 1. The van der Waals surface area contributed by atoms with Gasteiger partial charge in [0, 0.05) is 17.0 Å². The number of hydrogen-bond acceptors (Lipinski definition) is 7. The van der Waals surface area contributed by atoms with Crippen molar-refractivity contribution in [3.63, 3.8) is 0 Å². The molecular weight excluding hydrogens is 443 g/mol. The lowest BCUT2D eigenvalue weighted by molar-refractivity contribution is -0.151. The van der Waals surface area contributed by atoms with Crippen LogP contribution in [0.1, 0.15) is 20.8 Å². The zero-order chi connectivity index (χ0) is 21.3. The standard InChI is InChI=1S/C16H21ClN6O4S.ClH/c1-16(2,3)12(18)14(24)27-23-28(25,26)8-4-5-9-10(6-8)13(22-15(19)20)21-7-11(9)17;/h4-7,12,23H,18H2,1-3H3,(H4,19,20,21,22);1H/t12-;/m0./s1. The van der Waals surface area contributed by atoms with E-state index in [1.165, 1.54) is 24.4 Å². The van der Waals surface area contributed by atoms with Crippen LogP contribution in [0, 0.1) is 10.8 Å². The van der Waals surface area contributed by atoms with Gasteiger partial charge in [-0.15, -0.1) is 12.4 Å². The van der Waals surface area contributed by atoms with Gasteiger partial charge in [0.2, 0.25) is 0 Å². The van der Waals surface area contributed by atoms with Crippen molar-refractivity contribution in [2.24, 2.45) is 16.9 Å². The minimum Gasteiger partial charge on any atom is -0.370 e. The molecular formula is C16H22Cl2N6O4S. The number of nitrogens with one attached hydrogen (secondary N) is 3. The van der Waals surface area contributed by atoms with E-state index in [-0.39, 0.29) is 34.1 Å². The number of rotatable bonds is 5. The highest BCUT2D eigenvalue weighted by molar-refractivity contribution is 7.89. The van der Waals surface area contributed by atoms with Crippen molar-refractivity contribution in [2.45, 2.75) is 31.7 Å². The van der Waals surface area contributed by atoms with Crippen LogP contribution in [-0.4, -0.2) is 31.4 Å². The molecule has 160 valence electrons. The molecule has 0 amide bonds. The maximum Gasteiger partial charge on any atom is 0.343 e. The molecule has 2 aromatic rings. The fourth-order valence-electron chi connectivity index (χ4n) is 2.14. The van der Waals surface area contributed by atoms with Crippen LogP contribution in [-0.2, 0) is 19.7 Å². The number of anilines is 1. The fourth-order valence-corrected chi connectivity index (χ4v) is 3.17. The first kappa shape index (κ1) is 24.9. The number of carbonyl (C=O) groups is 1. The molecule has 0 aliphatic rings. The Morgan fingerprint density at radius 1 is 1.31 bits per heavy atom. The summed E-state index contributed by atoms with van der Waals surface area (Å²) in [5, 5.41) is 10.9. The first-order chi connectivity index (χ1) is 12.8. The molecule has 1 heterocycles. The summed E-state index contributed by atoms with van der Waals surface area (Å²) in [5.41, 5.74) is 10.5. The fraction of sp³-hybridized carbons (Fsp3) is 0.312. The Hall–Kier alpha value is -2.18. The van der Waals surface area contributed by atoms with E-state index >= 15 is 0 Å². The normalized spacial score (nSPS) is 12.7. The van der Waals surface area contributed by atoms with Gasteiger partial charge in [0.1, 0.15) is 11.9 Å². The monoisotopic (exact) mass is 464 g/mol. The van der Waals surface area contributed by atoms with Crippen molar-refractivity contribution < 1.29 is 18.0 Å². The minimum absolute atomic E-state index is 0. The molecule has 0 radical (unpaired) electrons. The second-order valence-electron chi connectivity index (χ2n) is 7.05. The second-order valence-corrected chi connectivity index (χ2v) is 9.10. The van der Waals surface area contributed by atoms with E-state index in [4.69, 9.17) is 28.5 Å². The molecule has 0 aliphatic heterocycles. The Balaban J connectivity index is 0.00000420. The summed E-state index contributed by atoms with van der Waals surface area (Å²) in [7, 11) is -4.22. The Morgan fingerprint density at radius 3 is 2.48 bits per heavy atom. The molecule has 2 rings (SSSR count). The van der Waals surface area contributed by atoms with Gasteiger partial charge in [0.05, 0.1) is 9.92 Å². The summed E-state index contributed by atoms with van der Waals surface area (Å²) in [4.78, 5) is 22.2. The molecule has 1 aromatic heterocycles. The summed E-state index contributed by atoms with van der Waals surface area (Å²) in [5.74, 6) is -1.15. The van der Waals surface area contributed by atoms with Crippen LogP contribution >= 0.6 is 24.0 Å². The summed E-state index contributed by atoms with van der Waals surface area (Å²) in [6, 6.07) is 2.98. The largest absolute Gasteiger partial charge is 0.370 e. The zero-order valence-corrected chi connectivity index (χ0v) is 18.2. The minimum atomic E-state index is -4.22. The number of sulfonamides is 1. The van der Waals surface area contributed by atoms with Gasteiger partial charge >= 0.3 is 5.97 Å². The third kappa shape index (κ3) is 5.90. The molecule has 0 saturated heterocycles. The lowest BCUT2D eigenvalue weighted by Crippen LogP contribution is -2.45. The molecule has 1 atom stereocenters. The van der Waals surface area contributed by atoms with E-state index in [1.807, 2.05) is 0 Å². The smallest absolute Gasteiger partial charge is 0.343 e. The molecule has 7 N–H and O–H groups in total. The summed E-state index contributed by atoms with van der Waals surface area (Å²) in [6.07, 6.45) is 1.34. The number of hydrogen-bond donors (Lipinski definition) is 5. The number of carbonyl (C=O) groups excluding carboxylic acids is 1. The summed E-state index contributed by atoms with van der Waals surface area (Å²) < 4.78 is 25.0. The SMILES string of the molecule is CC(C)(C)[C@@H](N)C(=O)ONS(=O)(=O)c1ccc2c(Cl)cnc(NC(=N)N)c2c1.Cl. The lowest BCUT2D eigenvalue weighted by atomic mass is 9.88. The van der Waals surface area contributed by atoms with Crippen molar-refractivity contribution in [3.8, 4) is 0 Å². The van der Waals surface area contributed by atoms with E-state index in [0.717, 1.165) is 0 Å². The second kappa shape index (κ2) is 9.09. The van der Waals surface area contributed by atoms with Crippen molar-refractivity contribution in [2.75, 3.05) is 5.32 Å². The molecule has 0 bridgehead atoms. The number of pyridine rings is 1. The van der Waals surface area contributed by atoms with Crippen LogP contribution in [0.2, 0.25) is 5.02 Å². The van der Waals surface area contributed by atoms with Gasteiger partial charge in [-0.3, -0.25) is 5.41 Å². The van der Waals surface area contributed by atoms with E-state index in [2.05, 4.69) is 15.1 Å². The van der Waals surface area contributed by atoms with E-state index in [0.29, 0.717) is 10.8 Å². The van der Waals surface area contributed by atoms with Gasteiger partial charge < -0.3 is 21.6 Å². The predicted octanol–water partition coefficient (Wildman–Crippen LogP) is 1.73. The third-order valence-electron chi connectivity index (χ3n) is 3.81. The van der Waals surface area contributed by atoms with Crippen LogP contribution in [0.25, 0.3) is 10.8 Å². The Bertz CT molecular complexity index is 1040. The first-order valence-corrected chi connectivity index (χ1v) is 9.86. The van der Waals surface area contributed by atoms with Crippen LogP contribution < -0.4 is 21.7 Å². The molecule has 0 unspecified atom stereocenters. The zero-order valence-electron chi connectivity index (χ0n) is 15.8. The van der Waals surface area contributed by atoms with Crippen LogP contribution in [0.4, 0.5) is 5.82 Å². The number of fused-ring (bicyclic) bond motifs is 1. The quantitative estimate of drug-likeness (QED) is 0.252. The topological polar surface area (TPSA) is 173 Å².